The van der Waals surface area contributed by atoms with Crippen molar-refractivity contribution in [2.75, 3.05) is 7.11 Å². The maximum atomic E-state index is 13.4. The fourth-order valence-electron chi connectivity index (χ4n) is 4.26. The van der Waals surface area contributed by atoms with Gasteiger partial charge in [-0.15, -0.1) is 0 Å². The van der Waals surface area contributed by atoms with E-state index < -0.39 is 10.0 Å². The minimum Gasteiger partial charge on any atom is -0.495 e. The van der Waals surface area contributed by atoms with Crippen LogP contribution in [0.3, 0.4) is 0 Å². The number of methoxy groups -OCH3 is 1. The van der Waals surface area contributed by atoms with Gasteiger partial charge in [-0.05, 0) is 43.5 Å². The Morgan fingerprint density at radius 1 is 1.11 bits per heavy atom. The second kappa shape index (κ2) is 7.13. The van der Waals surface area contributed by atoms with Crippen LogP contribution in [0.4, 0.5) is 0 Å². The molecule has 2 fully saturated rings. The Morgan fingerprint density at radius 3 is 2.48 bits per heavy atom. The molecular weight excluding hydrogens is 364 g/mol. The molecule has 3 heterocycles. The minimum atomic E-state index is -3.62. The van der Waals surface area contributed by atoms with E-state index in [0.29, 0.717) is 24.5 Å². The van der Waals surface area contributed by atoms with Crippen LogP contribution < -0.4 is 9.47 Å². The maximum absolute atomic E-state index is 13.4. The lowest BCUT2D eigenvalue weighted by molar-refractivity contribution is 0.0917. The number of rotatable bonds is 5. The monoisotopic (exact) mass is 388 g/mol. The fourth-order valence-corrected chi connectivity index (χ4v) is 6.39. The number of hydrogen-bond donors (Lipinski definition) is 0. The number of piperidine rings is 1. The molecule has 2 aromatic rings. The summed E-state index contributed by atoms with van der Waals surface area (Å²) in [5.74, 6) is 0.991. The number of aromatic nitrogens is 1. The highest BCUT2D eigenvalue weighted by atomic mass is 32.2. The molecule has 0 N–H and O–H groups in total. The fraction of sp³-hybridized carbons (Fsp3) is 0.450. The molecule has 2 aliphatic rings. The van der Waals surface area contributed by atoms with Crippen LogP contribution in [-0.2, 0) is 10.0 Å². The molecule has 0 amide bonds. The summed E-state index contributed by atoms with van der Waals surface area (Å²) in [6, 6.07) is 10.8. The van der Waals surface area contributed by atoms with E-state index in [1.54, 1.807) is 22.6 Å². The molecule has 7 heteroatoms. The lowest BCUT2D eigenvalue weighted by atomic mass is 10.0. The largest absolute Gasteiger partial charge is 0.495 e. The van der Waals surface area contributed by atoms with Crippen molar-refractivity contribution in [1.82, 2.24) is 9.29 Å². The van der Waals surface area contributed by atoms with Gasteiger partial charge in [0.25, 0.3) is 0 Å². The number of hydrogen-bond acceptors (Lipinski definition) is 5. The molecule has 0 spiro atoms. The highest BCUT2D eigenvalue weighted by Gasteiger charge is 2.48. The lowest BCUT2D eigenvalue weighted by Gasteiger charge is -2.37. The molecule has 0 saturated carbocycles. The summed E-state index contributed by atoms with van der Waals surface area (Å²) in [5, 5.41) is 0. The Labute approximate surface area is 160 Å². The highest BCUT2D eigenvalue weighted by Crippen LogP contribution is 2.42. The highest BCUT2D eigenvalue weighted by molar-refractivity contribution is 7.89. The molecule has 27 heavy (non-hydrogen) atoms. The van der Waals surface area contributed by atoms with Gasteiger partial charge in [0.15, 0.2) is 0 Å². The van der Waals surface area contributed by atoms with Gasteiger partial charge in [-0.2, -0.15) is 4.31 Å². The number of fused-ring (bicyclic) bond motifs is 2. The number of benzene rings is 1. The van der Waals surface area contributed by atoms with Crippen LogP contribution in [0.25, 0.3) is 0 Å². The smallest absolute Gasteiger partial charge is 0.247 e. The summed E-state index contributed by atoms with van der Waals surface area (Å²) in [7, 11) is -2.12. The van der Waals surface area contributed by atoms with Crippen LogP contribution in [0.1, 0.15) is 31.2 Å². The molecule has 2 saturated heterocycles. The molecule has 1 aromatic carbocycles. The van der Waals surface area contributed by atoms with E-state index in [0.717, 1.165) is 18.4 Å². The van der Waals surface area contributed by atoms with E-state index in [-0.39, 0.29) is 23.1 Å². The van der Waals surface area contributed by atoms with Gasteiger partial charge in [-0.1, -0.05) is 12.1 Å². The van der Waals surface area contributed by atoms with Crippen LogP contribution in [0.5, 0.6) is 11.6 Å². The minimum absolute atomic E-state index is 0.0109. The van der Waals surface area contributed by atoms with Crippen molar-refractivity contribution < 1.29 is 17.9 Å². The zero-order chi connectivity index (χ0) is 19.0. The van der Waals surface area contributed by atoms with E-state index in [1.165, 1.54) is 7.11 Å². The maximum Gasteiger partial charge on any atom is 0.247 e. The van der Waals surface area contributed by atoms with Crippen molar-refractivity contribution in [3.8, 4) is 11.6 Å². The molecule has 2 unspecified atom stereocenters. The molecule has 0 radical (unpaired) electrons. The number of sulfonamides is 1. The van der Waals surface area contributed by atoms with Crippen LogP contribution in [0, 0.1) is 6.92 Å². The molecule has 2 bridgehead atoms. The first-order valence-electron chi connectivity index (χ1n) is 9.25. The van der Waals surface area contributed by atoms with Crippen LogP contribution in [-0.4, -0.2) is 43.0 Å². The van der Waals surface area contributed by atoms with Gasteiger partial charge in [0.1, 0.15) is 16.7 Å². The second-order valence-electron chi connectivity index (χ2n) is 7.25. The first kappa shape index (κ1) is 18.3. The van der Waals surface area contributed by atoms with Gasteiger partial charge in [0.2, 0.25) is 15.9 Å². The topological polar surface area (TPSA) is 68.7 Å². The predicted octanol–water partition coefficient (Wildman–Crippen LogP) is 3.16. The molecule has 4 rings (SSSR count). The summed E-state index contributed by atoms with van der Waals surface area (Å²) >= 11 is 0. The van der Waals surface area contributed by atoms with Gasteiger partial charge in [0.05, 0.1) is 7.11 Å². The normalized spacial score (nSPS) is 25.3. The van der Waals surface area contributed by atoms with Crippen molar-refractivity contribution in [1.29, 1.82) is 0 Å². The Kier molecular flexibility index (Phi) is 4.82. The Bertz CT molecular complexity index is 903. The average molecular weight is 388 g/mol. The lowest BCUT2D eigenvalue weighted by Crippen LogP contribution is -2.49. The Balaban J connectivity index is 1.58. The van der Waals surface area contributed by atoms with Crippen molar-refractivity contribution in [3.63, 3.8) is 0 Å². The second-order valence-corrected chi connectivity index (χ2v) is 9.07. The SMILES string of the molecule is COc1ccc(C)cc1S(=O)(=O)N1C2CCC1CC(Oc1ccccn1)C2. The van der Waals surface area contributed by atoms with Gasteiger partial charge in [-0.3, -0.25) is 0 Å². The van der Waals surface area contributed by atoms with E-state index in [2.05, 4.69) is 4.98 Å². The molecule has 1 aromatic heterocycles. The summed E-state index contributed by atoms with van der Waals surface area (Å²) in [6.07, 6.45) is 4.78. The Morgan fingerprint density at radius 2 is 1.85 bits per heavy atom. The third kappa shape index (κ3) is 3.41. The number of pyridine rings is 1. The third-order valence-corrected chi connectivity index (χ3v) is 7.45. The van der Waals surface area contributed by atoms with Crippen LogP contribution in [0.15, 0.2) is 47.5 Å². The molecule has 2 atom stereocenters. The summed E-state index contributed by atoms with van der Waals surface area (Å²) in [5.41, 5.74) is 0.898. The predicted molar refractivity (Wildman–Crippen MR) is 101 cm³/mol. The van der Waals surface area contributed by atoms with Crippen molar-refractivity contribution in [3.05, 3.63) is 48.2 Å². The summed E-state index contributed by atoms with van der Waals surface area (Å²) in [6.45, 7) is 1.89. The zero-order valence-electron chi connectivity index (χ0n) is 15.5. The molecule has 144 valence electrons. The molecule has 6 nitrogen and oxygen atoms in total. The van der Waals surface area contributed by atoms with Gasteiger partial charge in [-0.25, -0.2) is 13.4 Å². The molecular formula is C20H24N2O4S. The Hall–Kier alpha value is -2.12. The van der Waals surface area contributed by atoms with Crippen LogP contribution >= 0.6 is 0 Å². The number of nitrogens with zero attached hydrogens (tertiary/aromatic N) is 2. The number of aryl methyl sites for hydroxylation is 1. The first-order valence-corrected chi connectivity index (χ1v) is 10.7. The third-order valence-electron chi connectivity index (χ3n) is 5.42. The van der Waals surface area contributed by atoms with E-state index >= 15 is 0 Å². The van der Waals surface area contributed by atoms with Crippen LogP contribution in [0.2, 0.25) is 0 Å². The summed E-state index contributed by atoms with van der Waals surface area (Å²) in [4.78, 5) is 4.48. The molecule has 0 aliphatic carbocycles. The quantitative estimate of drug-likeness (QED) is 0.787. The van der Waals surface area contributed by atoms with Gasteiger partial charge in [0, 0.05) is 37.2 Å². The zero-order valence-corrected chi connectivity index (χ0v) is 16.4. The average Bonchev–Trinajstić information content (AvgIpc) is 2.95. The summed E-state index contributed by atoms with van der Waals surface area (Å²) < 4.78 is 39.9. The van der Waals surface area contributed by atoms with Gasteiger partial charge < -0.3 is 9.47 Å². The number of ether oxygens (including phenoxy) is 2. The first-order chi connectivity index (χ1) is 13.0. The standard InChI is InChI=1S/C20H24N2O4S/c1-14-6-9-18(25-2)19(11-14)27(23,24)22-15-7-8-16(22)13-17(12-15)26-20-5-3-4-10-21-20/h3-6,9-11,15-17H,7-8,12-13H2,1-2H3. The van der Waals surface area contributed by atoms with Crippen molar-refractivity contribution >= 4 is 10.0 Å². The van der Waals surface area contributed by atoms with Gasteiger partial charge >= 0.3 is 0 Å². The van der Waals surface area contributed by atoms with E-state index in [1.807, 2.05) is 31.2 Å². The van der Waals surface area contributed by atoms with E-state index in [9.17, 15) is 8.42 Å². The van der Waals surface area contributed by atoms with Crippen molar-refractivity contribution in [2.24, 2.45) is 0 Å². The van der Waals surface area contributed by atoms with E-state index in [4.69, 9.17) is 9.47 Å². The van der Waals surface area contributed by atoms with Crippen molar-refractivity contribution in [2.45, 2.75) is 55.7 Å². The molecule has 2 aliphatic heterocycles.